The first-order chi connectivity index (χ1) is 9.42. The fourth-order valence-corrected chi connectivity index (χ4v) is 1.86. The second kappa shape index (κ2) is 7.31. The van der Waals surface area contributed by atoms with Crippen molar-refractivity contribution >= 4 is 11.8 Å². The van der Waals surface area contributed by atoms with Crippen LogP contribution in [0.25, 0.3) is 0 Å². The van der Waals surface area contributed by atoms with Gasteiger partial charge in [-0.25, -0.2) is 4.98 Å². The van der Waals surface area contributed by atoms with Gasteiger partial charge in [0.1, 0.15) is 5.82 Å². The lowest BCUT2D eigenvalue weighted by Gasteiger charge is -2.23. The monoisotopic (exact) mass is 290 g/mol. The summed E-state index contributed by atoms with van der Waals surface area (Å²) in [6, 6.07) is 1.02. The lowest BCUT2D eigenvalue weighted by molar-refractivity contribution is -0.141. The predicted molar refractivity (Wildman–Crippen MR) is 74.0 cm³/mol. The summed E-state index contributed by atoms with van der Waals surface area (Å²) in [5.74, 6) is 0.349. The predicted octanol–water partition coefficient (Wildman–Crippen LogP) is 3.55. The highest BCUT2D eigenvalue weighted by molar-refractivity contribution is 5.45. The average molecular weight is 290 g/mol. The summed E-state index contributed by atoms with van der Waals surface area (Å²) in [5, 5.41) is 2.75. The first kappa shape index (κ1) is 16.5. The number of aromatic nitrogens is 2. The molecule has 0 radical (unpaired) electrons. The van der Waals surface area contributed by atoms with Gasteiger partial charge in [-0.05, 0) is 19.8 Å². The maximum Gasteiger partial charge on any atom is 0.433 e. The smallest absolute Gasteiger partial charge is 0.356 e. The zero-order valence-electron chi connectivity index (χ0n) is 12.1. The molecule has 0 fully saturated rings. The van der Waals surface area contributed by atoms with Crippen molar-refractivity contribution in [2.75, 3.05) is 29.9 Å². The van der Waals surface area contributed by atoms with Crippen molar-refractivity contribution in [1.82, 2.24) is 9.97 Å². The zero-order chi connectivity index (χ0) is 15.2. The highest BCUT2D eigenvalue weighted by Gasteiger charge is 2.34. The minimum atomic E-state index is -4.47. The number of hydrogen-bond donors (Lipinski definition) is 1. The number of halogens is 3. The molecule has 1 rings (SSSR count). The van der Waals surface area contributed by atoms with E-state index in [0.29, 0.717) is 25.5 Å². The standard InChI is InChI=1S/C13H21F3N4/c1-4-7-20(8-5-2)11-9-10(13(14,15)16)18-12(19-11)17-6-3/h9H,4-8H2,1-3H3,(H,17,18,19). The summed E-state index contributed by atoms with van der Waals surface area (Å²) in [5.41, 5.74) is -0.907. The Hall–Kier alpha value is -1.53. The Labute approximate surface area is 117 Å². The molecule has 0 aliphatic rings. The summed E-state index contributed by atoms with van der Waals surface area (Å²) in [7, 11) is 0. The molecule has 114 valence electrons. The van der Waals surface area contributed by atoms with Gasteiger partial charge in [0.15, 0.2) is 5.69 Å². The third kappa shape index (κ3) is 4.54. The second-order valence-corrected chi connectivity index (χ2v) is 4.45. The molecule has 1 heterocycles. The molecule has 0 saturated carbocycles. The van der Waals surface area contributed by atoms with Crippen molar-refractivity contribution < 1.29 is 13.2 Å². The van der Waals surface area contributed by atoms with Gasteiger partial charge in [0.25, 0.3) is 0 Å². The minimum absolute atomic E-state index is 0.0227. The van der Waals surface area contributed by atoms with Crippen LogP contribution in [-0.4, -0.2) is 29.6 Å². The van der Waals surface area contributed by atoms with Crippen LogP contribution in [-0.2, 0) is 6.18 Å². The average Bonchev–Trinajstić information content (AvgIpc) is 2.37. The van der Waals surface area contributed by atoms with Gasteiger partial charge < -0.3 is 10.2 Å². The minimum Gasteiger partial charge on any atom is -0.356 e. The van der Waals surface area contributed by atoms with E-state index < -0.39 is 11.9 Å². The lowest BCUT2D eigenvalue weighted by atomic mass is 10.3. The molecule has 0 aliphatic carbocycles. The quantitative estimate of drug-likeness (QED) is 0.833. The Morgan fingerprint density at radius 1 is 1.10 bits per heavy atom. The van der Waals surface area contributed by atoms with E-state index in [1.807, 2.05) is 18.7 Å². The van der Waals surface area contributed by atoms with Crippen molar-refractivity contribution in [2.24, 2.45) is 0 Å². The first-order valence-electron chi connectivity index (χ1n) is 6.87. The molecule has 0 atom stereocenters. The van der Waals surface area contributed by atoms with E-state index in [9.17, 15) is 13.2 Å². The van der Waals surface area contributed by atoms with Gasteiger partial charge in [0.2, 0.25) is 5.95 Å². The molecule has 0 aliphatic heterocycles. The van der Waals surface area contributed by atoms with Crippen LogP contribution in [0.2, 0.25) is 0 Å². The first-order valence-corrected chi connectivity index (χ1v) is 6.87. The molecule has 0 amide bonds. The molecular formula is C13H21F3N4. The van der Waals surface area contributed by atoms with Crippen LogP contribution < -0.4 is 10.2 Å². The molecule has 1 N–H and O–H groups in total. The maximum absolute atomic E-state index is 12.9. The van der Waals surface area contributed by atoms with Gasteiger partial charge >= 0.3 is 6.18 Å². The van der Waals surface area contributed by atoms with Crippen LogP contribution in [0.3, 0.4) is 0 Å². The van der Waals surface area contributed by atoms with Gasteiger partial charge in [0.05, 0.1) is 0 Å². The molecule has 0 bridgehead atoms. The Morgan fingerprint density at radius 3 is 2.15 bits per heavy atom. The maximum atomic E-state index is 12.9. The van der Waals surface area contributed by atoms with E-state index in [1.165, 1.54) is 0 Å². The largest absolute Gasteiger partial charge is 0.433 e. The molecule has 1 aromatic heterocycles. The Bertz CT molecular complexity index is 415. The molecule has 4 nitrogen and oxygen atoms in total. The summed E-state index contributed by atoms with van der Waals surface area (Å²) < 4.78 is 38.7. The van der Waals surface area contributed by atoms with E-state index >= 15 is 0 Å². The van der Waals surface area contributed by atoms with Crippen LogP contribution in [0.1, 0.15) is 39.3 Å². The highest BCUT2D eigenvalue weighted by Crippen LogP contribution is 2.30. The van der Waals surface area contributed by atoms with Crippen molar-refractivity contribution in [1.29, 1.82) is 0 Å². The number of nitrogens with zero attached hydrogens (tertiary/aromatic N) is 3. The van der Waals surface area contributed by atoms with Gasteiger partial charge in [-0.1, -0.05) is 13.8 Å². The Morgan fingerprint density at radius 2 is 1.70 bits per heavy atom. The Balaban J connectivity index is 3.18. The van der Waals surface area contributed by atoms with Gasteiger partial charge in [0, 0.05) is 25.7 Å². The van der Waals surface area contributed by atoms with Crippen LogP contribution in [0.15, 0.2) is 6.07 Å². The van der Waals surface area contributed by atoms with Gasteiger partial charge in [-0.2, -0.15) is 18.2 Å². The summed E-state index contributed by atoms with van der Waals surface area (Å²) in [4.78, 5) is 9.56. The molecule has 0 spiro atoms. The molecule has 20 heavy (non-hydrogen) atoms. The van der Waals surface area contributed by atoms with Crippen LogP contribution in [0.4, 0.5) is 24.9 Å². The third-order valence-corrected chi connectivity index (χ3v) is 2.65. The van der Waals surface area contributed by atoms with Crippen molar-refractivity contribution in [3.8, 4) is 0 Å². The van der Waals surface area contributed by atoms with Crippen molar-refractivity contribution in [3.05, 3.63) is 11.8 Å². The zero-order valence-corrected chi connectivity index (χ0v) is 12.1. The Kier molecular flexibility index (Phi) is 6.04. The summed E-state index contributed by atoms with van der Waals surface area (Å²) in [6.07, 6.45) is -2.77. The number of hydrogen-bond acceptors (Lipinski definition) is 4. The molecule has 0 saturated heterocycles. The highest BCUT2D eigenvalue weighted by atomic mass is 19.4. The van der Waals surface area contributed by atoms with Crippen molar-refractivity contribution in [3.63, 3.8) is 0 Å². The summed E-state index contributed by atoms with van der Waals surface area (Å²) >= 11 is 0. The van der Waals surface area contributed by atoms with E-state index in [0.717, 1.165) is 18.9 Å². The van der Waals surface area contributed by atoms with Crippen LogP contribution in [0.5, 0.6) is 0 Å². The molecule has 7 heteroatoms. The lowest BCUT2D eigenvalue weighted by Crippen LogP contribution is -2.27. The van der Waals surface area contributed by atoms with E-state index in [4.69, 9.17) is 0 Å². The number of anilines is 2. The van der Waals surface area contributed by atoms with Gasteiger partial charge in [-0.15, -0.1) is 0 Å². The molecular weight excluding hydrogens is 269 g/mol. The third-order valence-electron chi connectivity index (χ3n) is 2.65. The van der Waals surface area contributed by atoms with E-state index in [-0.39, 0.29) is 5.95 Å². The molecule has 0 unspecified atom stereocenters. The number of rotatable bonds is 7. The normalized spacial score (nSPS) is 11.5. The van der Waals surface area contributed by atoms with Crippen molar-refractivity contribution in [2.45, 2.75) is 39.8 Å². The number of nitrogens with one attached hydrogen (secondary N) is 1. The molecule has 0 aromatic carbocycles. The SMILES string of the molecule is CCCN(CCC)c1cc(C(F)(F)F)nc(NCC)n1. The summed E-state index contributed by atoms with van der Waals surface area (Å²) in [6.45, 7) is 7.59. The fraction of sp³-hybridized carbons (Fsp3) is 0.692. The van der Waals surface area contributed by atoms with E-state index in [2.05, 4.69) is 15.3 Å². The number of alkyl halides is 3. The fourth-order valence-electron chi connectivity index (χ4n) is 1.86. The van der Waals surface area contributed by atoms with Gasteiger partial charge in [-0.3, -0.25) is 0 Å². The second-order valence-electron chi connectivity index (χ2n) is 4.45. The molecule has 1 aromatic rings. The van der Waals surface area contributed by atoms with E-state index in [1.54, 1.807) is 6.92 Å². The van der Waals surface area contributed by atoms with Crippen LogP contribution >= 0.6 is 0 Å². The van der Waals surface area contributed by atoms with Crippen LogP contribution in [0, 0.1) is 0 Å². The topological polar surface area (TPSA) is 41.1 Å².